The zero-order chi connectivity index (χ0) is 15.2. The Morgan fingerprint density at radius 3 is 2.71 bits per heavy atom. The molecule has 21 heavy (non-hydrogen) atoms. The zero-order valence-electron chi connectivity index (χ0n) is 12.4. The number of nitro groups is 1. The first-order valence-corrected chi connectivity index (χ1v) is 6.94. The van der Waals surface area contributed by atoms with Crippen LogP contribution in [-0.4, -0.2) is 73.1 Å². The number of pyridine rings is 1. The molecule has 2 heterocycles. The van der Waals surface area contributed by atoms with E-state index in [-0.39, 0.29) is 11.5 Å². The minimum absolute atomic E-state index is 0.0332. The fraction of sp³-hybridized carbons (Fsp3) is 0.615. The van der Waals surface area contributed by atoms with E-state index in [2.05, 4.69) is 27.1 Å². The zero-order valence-corrected chi connectivity index (χ0v) is 12.4. The Balaban J connectivity index is 1.91. The van der Waals surface area contributed by atoms with E-state index in [1.54, 1.807) is 0 Å². The average Bonchev–Trinajstić information content (AvgIpc) is 2.49. The number of aromatic nitrogens is 1. The lowest BCUT2D eigenvalue weighted by Gasteiger charge is -2.32. The van der Waals surface area contributed by atoms with E-state index in [1.807, 2.05) is 0 Å². The van der Waals surface area contributed by atoms with Gasteiger partial charge in [0.05, 0.1) is 12.0 Å². The molecule has 1 aliphatic rings. The lowest BCUT2D eigenvalue weighted by atomic mass is 10.3. The van der Waals surface area contributed by atoms with Crippen molar-refractivity contribution in [1.29, 1.82) is 0 Å². The van der Waals surface area contributed by atoms with Crippen molar-refractivity contribution in [2.45, 2.75) is 0 Å². The highest BCUT2D eigenvalue weighted by atomic mass is 16.6. The van der Waals surface area contributed by atoms with Gasteiger partial charge in [-0.25, -0.2) is 0 Å². The lowest BCUT2D eigenvalue weighted by Crippen LogP contribution is -2.45. The van der Waals surface area contributed by atoms with Gasteiger partial charge in [-0.1, -0.05) is 0 Å². The molecule has 2 rings (SSSR count). The fourth-order valence-corrected chi connectivity index (χ4v) is 2.23. The Kier molecular flexibility index (Phi) is 5.29. The third kappa shape index (κ3) is 4.27. The summed E-state index contributed by atoms with van der Waals surface area (Å²) >= 11 is 0. The summed E-state index contributed by atoms with van der Waals surface area (Å²) in [6, 6.07) is 2.90. The minimum Gasteiger partial charge on any atom is -0.481 e. The molecule has 0 amide bonds. The van der Waals surface area contributed by atoms with Crippen LogP contribution in [0.2, 0.25) is 0 Å². The molecule has 1 saturated heterocycles. The van der Waals surface area contributed by atoms with Gasteiger partial charge in [0, 0.05) is 51.4 Å². The Hall–Kier alpha value is -1.93. The predicted molar refractivity (Wildman–Crippen MR) is 79.9 cm³/mol. The van der Waals surface area contributed by atoms with Crippen molar-refractivity contribution in [3.8, 4) is 5.88 Å². The number of likely N-dealkylation sites (N-methyl/N-ethyl adjacent to an activating group) is 1. The van der Waals surface area contributed by atoms with Gasteiger partial charge in [0.2, 0.25) is 11.7 Å². The largest absolute Gasteiger partial charge is 0.481 e. The number of anilines is 1. The molecular weight excluding hydrogens is 274 g/mol. The van der Waals surface area contributed by atoms with Crippen LogP contribution in [-0.2, 0) is 0 Å². The Bertz CT molecular complexity index is 489. The van der Waals surface area contributed by atoms with E-state index in [4.69, 9.17) is 4.74 Å². The van der Waals surface area contributed by atoms with Crippen LogP contribution >= 0.6 is 0 Å². The predicted octanol–water partition coefficient (Wildman–Crippen LogP) is 0.658. The van der Waals surface area contributed by atoms with Crippen LogP contribution in [0.25, 0.3) is 0 Å². The summed E-state index contributed by atoms with van der Waals surface area (Å²) in [6.45, 7) is 5.60. The molecule has 0 unspecified atom stereocenters. The maximum absolute atomic E-state index is 11.0. The van der Waals surface area contributed by atoms with Crippen molar-refractivity contribution in [3.05, 3.63) is 22.2 Å². The minimum atomic E-state index is -0.440. The molecule has 8 heteroatoms. The number of nitrogens with zero attached hydrogens (tertiary/aromatic N) is 4. The van der Waals surface area contributed by atoms with Gasteiger partial charge >= 0.3 is 5.69 Å². The molecule has 0 spiro atoms. The highest BCUT2D eigenvalue weighted by Crippen LogP contribution is 2.24. The van der Waals surface area contributed by atoms with Crippen molar-refractivity contribution >= 4 is 11.5 Å². The summed E-state index contributed by atoms with van der Waals surface area (Å²) in [5, 5.41) is 14.0. The third-order valence-electron chi connectivity index (χ3n) is 3.57. The average molecular weight is 295 g/mol. The molecule has 1 N–H and O–H groups in total. The van der Waals surface area contributed by atoms with Crippen LogP contribution in [0.5, 0.6) is 5.88 Å². The molecule has 0 atom stereocenters. The highest BCUT2D eigenvalue weighted by Gasteiger charge is 2.17. The fourth-order valence-electron chi connectivity index (χ4n) is 2.23. The van der Waals surface area contributed by atoms with E-state index in [0.29, 0.717) is 12.4 Å². The quantitative estimate of drug-likeness (QED) is 0.609. The number of rotatable bonds is 6. The first-order chi connectivity index (χ1) is 10.1. The standard InChI is InChI=1S/C13H21N5O3/c1-16-7-9-17(10-8-16)6-5-14-13-11(18(19)20)3-4-12(15-13)21-2/h3-4H,5-10H2,1-2H3,(H,14,15). The van der Waals surface area contributed by atoms with E-state index < -0.39 is 4.92 Å². The molecule has 8 nitrogen and oxygen atoms in total. The maximum Gasteiger partial charge on any atom is 0.311 e. The van der Waals surface area contributed by atoms with Crippen LogP contribution in [0, 0.1) is 10.1 Å². The van der Waals surface area contributed by atoms with Crippen LogP contribution in [0.1, 0.15) is 0 Å². The van der Waals surface area contributed by atoms with Crippen molar-refractivity contribution in [3.63, 3.8) is 0 Å². The van der Waals surface area contributed by atoms with E-state index in [0.717, 1.165) is 32.7 Å². The van der Waals surface area contributed by atoms with E-state index in [1.165, 1.54) is 19.2 Å². The van der Waals surface area contributed by atoms with Gasteiger partial charge in [-0.3, -0.25) is 15.0 Å². The van der Waals surface area contributed by atoms with Gasteiger partial charge < -0.3 is 15.0 Å². The number of nitrogens with one attached hydrogen (secondary N) is 1. The van der Waals surface area contributed by atoms with Gasteiger partial charge in [-0.05, 0) is 7.05 Å². The van der Waals surface area contributed by atoms with Crippen molar-refractivity contribution in [2.24, 2.45) is 0 Å². The monoisotopic (exact) mass is 295 g/mol. The third-order valence-corrected chi connectivity index (χ3v) is 3.57. The van der Waals surface area contributed by atoms with Crippen LogP contribution in [0.15, 0.2) is 12.1 Å². The number of hydrogen-bond donors (Lipinski definition) is 1. The normalized spacial score (nSPS) is 16.7. The molecule has 1 fully saturated rings. The van der Waals surface area contributed by atoms with Gasteiger partial charge in [0.15, 0.2) is 0 Å². The molecule has 1 aromatic heterocycles. The number of piperazine rings is 1. The second-order valence-corrected chi connectivity index (χ2v) is 5.05. The Morgan fingerprint density at radius 1 is 1.38 bits per heavy atom. The smallest absolute Gasteiger partial charge is 0.311 e. The Labute approximate surface area is 123 Å². The van der Waals surface area contributed by atoms with Gasteiger partial charge in [0.1, 0.15) is 0 Å². The molecule has 0 aliphatic carbocycles. The summed E-state index contributed by atoms with van der Waals surface area (Å²) < 4.78 is 5.01. The first kappa shape index (κ1) is 15.5. The van der Waals surface area contributed by atoms with Crippen molar-refractivity contribution in [1.82, 2.24) is 14.8 Å². The van der Waals surface area contributed by atoms with Gasteiger partial charge in [-0.15, -0.1) is 0 Å². The lowest BCUT2D eigenvalue weighted by molar-refractivity contribution is -0.384. The molecule has 0 aromatic carbocycles. The summed E-state index contributed by atoms with van der Waals surface area (Å²) in [4.78, 5) is 19.3. The molecule has 0 bridgehead atoms. The summed E-state index contributed by atoms with van der Waals surface area (Å²) in [5.41, 5.74) is -0.0332. The summed E-state index contributed by atoms with van der Waals surface area (Å²) in [7, 11) is 3.60. The number of methoxy groups -OCH3 is 1. The second-order valence-electron chi connectivity index (χ2n) is 5.05. The number of hydrogen-bond acceptors (Lipinski definition) is 7. The second kappa shape index (κ2) is 7.19. The molecule has 116 valence electrons. The van der Waals surface area contributed by atoms with Crippen molar-refractivity contribution in [2.75, 3.05) is 58.7 Å². The van der Waals surface area contributed by atoms with Crippen LogP contribution in [0.3, 0.4) is 0 Å². The topological polar surface area (TPSA) is 83.8 Å². The first-order valence-electron chi connectivity index (χ1n) is 6.94. The number of ether oxygens (including phenoxy) is 1. The molecule has 0 saturated carbocycles. The van der Waals surface area contributed by atoms with Crippen molar-refractivity contribution < 1.29 is 9.66 Å². The molecule has 0 radical (unpaired) electrons. The van der Waals surface area contributed by atoms with Crippen LogP contribution in [0.4, 0.5) is 11.5 Å². The van der Waals surface area contributed by atoms with Gasteiger partial charge in [0.25, 0.3) is 0 Å². The molecule has 1 aliphatic heterocycles. The summed E-state index contributed by atoms with van der Waals surface area (Å²) in [5.74, 6) is 0.621. The van der Waals surface area contributed by atoms with Crippen LogP contribution < -0.4 is 10.1 Å². The Morgan fingerprint density at radius 2 is 2.10 bits per heavy atom. The van der Waals surface area contributed by atoms with Gasteiger partial charge in [-0.2, -0.15) is 4.98 Å². The molecular formula is C13H21N5O3. The maximum atomic E-state index is 11.0. The van der Waals surface area contributed by atoms with E-state index in [9.17, 15) is 10.1 Å². The highest BCUT2D eigenvalue weighted by molar-refractivity contribution is 5.57. The molecule has 1 aromatic rings. The van der Waals surface area contributed by atoms with E-state index >= 15 is 0 Å². The SMILES string of the molecule is COc1ccc([N+](=O)[O-])c(NCCN2CCN(C)CC2)n1. The summed E-state index contributed by atoms with van der Waals surface area (Å²) in [6.07, 6.45) is 0.